The topological polar surface area (TPSA) is 280 Å². The van der Waals surface area contributed by atoms with Crippen LogP contribution in [0, 0.1) is 47.3 Å². The van der Waals surface area contributed by atoms with Gasteiger partial charge in [0.25, 0.3) is 0 Å². The molecule has 4 unspecified atom stereocenters. The van der Waals surface area contributed by atoms with E-state index in [4.69, 9.17) is 24.8 Å². The van der Waals surface area contributed by atoms with Crippen molar-refractivity contribution in [1.82, 2.24) is 16.1 Å². The zero-order valence-corrected chi connectivity index (χ0v) is 44.1. The Morgan fingerprint density at radius 3 is 1.97 bits per heavy atom. The van der Waals surface area contributed by atoms with Gasteiger partial charge < -0.3 is 60.4 Å². The van der Waals surface area contributed by atoms with Crippen LogP contribution in [-0.4, -0.2) is 125 Å². The number of fused-ring (bicyclic) bond motifs is 1. The first-order chi connectivity index (χ1) is 35.2. The molecule has 18 nitrogen and oxygen atoms in total. The highest BCUT2D eigenvalue weighted by Crippen LogP contribution is 2.52. The Morgan fingerprint density at radius 1 is 0.781 bits per heavy atom. The molecule has 12 atom stereocenters. The predicted molar refractivity (Wildman–Crippen MR) is 277 cm³/mol. The van der Waals surface area contributed by atoms with Crippen molar-refractivity contribution in [3.05, 3.63) is 29.8 Å². The van der Waals surface area contributed by atoms with E-state index < -0.39 is 73.6 Å². The summed E-state index contributed by atoms with van der Waals surface area (Å²) in [5.41, 5.74) is 3.62. The molecule has 2 fully saturated rings. The molecule has 0 aromatic heterocycles. The van der Waals surface area contributed by atoms with Crippen molar-refractivity contribution in [2.45, 2.75) is 212 Å². The molecule has 0 spiro atoms. The molecule has 3 amide bonds. The number of ketones is 1. The molecule has 1 aliphatic heterocycles. The Kier molecular flexibility index (Phi) is 28.6. The van der Waals surface area contributed by atoms with Crippen LogP contribution < -0.4 is 27.2 Å². The number of unbranched alkanes of at least 4 members (excludes halogenated alkanes) is 11. The first kappa shape index (κ1) is 61.6. The van der Waals surface area contributed by atoms with Crippen molar-refractivity contribution in [3.8, 4) is 11.8 Å². The Balaban J connectivity index is 1.28. The maximum Gasteiger partial charge on any atom is 0.407 e. The summed E-state index contributed by atoms with van der Waals surface area (Å²) in [4.78, 5) is 53.7. The second kappa shape index (κ2) is 33.9. The highest BCUT2D eigenvalue weighted by molar-refractivity contribution is 5.97. The molecule has 4 rings (SSSR count). The summed E-state index contributed by atoms with van der Waals surface area (Å²) < 4.78 is 22.4. The van der Waals surface area contributed by atoms with Gasteiger partial charge in [-0.1, -0.05) is 117 Å². The number of hydrogen-bond acceptors (Lipinski definition) is 15. The number of nitrogens with one attached hydrogen (secondary N) is 4. The van der Waals surface area contributed by atoms with Crippen molar-refractivity contribution in [1.29, 1.82) is 0 Å². The molecule has 1 saturated carbocycles. The molecule has 73 heavy (non-hydrogen) atoms. The van der Waals surface area contributed by atoms with Crippen molar-refractivity contribution in [3.63, 3.8) is 0 Å². The summed E-state index contributed by atoms with van der Waals surface area (Å²) in [5, 5.41) is 60.6. The third-order valence-corrected chi connectivity index (χ3v) is 14.9. The highest BCUT2D eigenvalue weighted by atomic mass is 16.7. The zero-order chi connectivity index (χ0) is 53.1. The van der Waals surface area contributed by atoms with Crippen LogP contribution in [0.3, 0.4) is 0 Å². The summed E-state index contributed by atoms with van der Waals surface area (Å²) in [6.07, 6.45) is 9.40. The molecular weight excluding hydrogens is 939 g/mol. The smallest absolute Gasteiger partial charge is 0.407 e. The lowest BCUT2D eigenvalue weighted by Gasteiger charge is -2.40. The first-order valence-corrected chi connectivity index (χ1v) is 27.5. The minimum atomic E-state index is -1.67. The minimum absolute atomic E-state index is 0.116. The molecule has 18 heteroatoms. The molecule has 3 aliphatic rings. The normalized spacial score (nSPS) is 24.5. The van der Waals surface area contributed by atoms with Gasteiger partial charge in [-0.25, -0.2) is 9.59 Å². The number of benzene rings is 1. The molecule has 11 N–H and O–H groups in total. The number of nitrogens with two attached hydrogens (primary N) is 1. The number of hydrogen-bond donors (Lipinski definition) is 10. The fraction of sp³-hybridized carbons (Fsp3) is 0.782. The second-order valence-electron chi connectivity index (χ2n) is 21.0. The summed E-state index contributed by atoms with van der Waals surface area (Å²) in [7, 11) is 0. The van der Waals surface area contributed by atoms with E-state index in [0.717, 1.165) is 44.9 Å². The Hall–Kier alpha value is -3.90. The van der Waals surface area contributed by atoms with Gasteiger partial charge in [0.2, 0.25) is 5.91 Å². The molecular formula is C55H91N5O13. The molecule has 1 aromatic carbocycles. The number of amides is 3. The highest BCUT2D eigenvalue weighted by Gasteiger charge is 2.49. The lowest BCUT2D eigenvalue weighted by Crippen LogP contribution is -2.60. The SMILES string of the molecule is CCCCCCCCCCCCCC[C@@H](C)[C@@H](O)[C@H](CO[C@H]1OC(CO)[C@H](O)[C@H](O)C1O)NC(=O)OCc1ccc(NC(=O)[C@H](CCCNN)CC(=O)[C@@H](NC(=O)OCC2C3CCC#CCCC32)C(C)C)cc1. The van der Waals surface area contributed by atoms with Gasteiger partial charge in [0.1, 0.15) is 31.0 Å². The summed E-state index contributed by atoms with van der Waals surface area (Å²) >= 11 is 0. The van der Waals surface area contributed by atoms with E-state index in [2.05, 4.69) is 40.1 Å². The number of aliphatic hydroxyl groups excluding tert-OH is 5. The van der Waals surface area contributed by atoms with Crippen LogP contribution in [0.4, 0.5) is 15.3 Å². The van der Waals surface area contributed by atoms with Crippen molar-refractivity contribution < 1.29 is 63.7 Å². The van der Waals surface area contributed by atoms with Crippen molar-refractivity contribution in [2.24, 2.45) is 41.4 Å². The van der Waals surface area contributed by atoms with Crippen molar-refractivity contribution in [2.75, 3.05) is 31.7 Å². The van der Waals surface area contributed by atoms with E-state index >= 15 is 0 Å². The molecule has 0 bridgehead atoms. The lowest BCUT2D eigenvalue weighted by molar-refractivity contribution is -0.303. The maximum absolute atomic E-state index is 13.7. The third kappa shape index (κ3) is 21.7. The number of ether oxygens (including phenoxy) is 4. The van der Waals surface area contributed by atoms with E-state index in [0.29, 0.717) is 61.4 Å². The largest absolute Gasteiger partial charge is 0.449 e. The Morgan fingerprint density at radius 2 is 1.38 bits per heavy atom. The van der Waals surface area contributed by atoms with E-state index in [-0.39, 0.29) is 43.2 Å². The quantitative estimate of drug-likeness (QED) is 0.0158. The fourth-order valence-corrected chi connectivity index (χ4v) is 10.2. The van der Waals surface area contributed by atoms with Gasteiger partial charge in [-0.15, -0.1) is 11.8 Å². The van der Waals surface area contributed by atoms with Crippen LogP contribution in [-0.2, 0) is 35.1 Å². The van der Waals surface area contributed by atoms with Gasteiger partial charge in [-0.3, -0.25) is 20.9 Å². The van der Waals surface area contributed by atoms with Gasteiger partial charge >= 0.3 is 12.2 Å². The Labute approximate surface area is 434 Å². The zero-order valence-electron chi connectivity index (χ0n) is 44.1. The predicted octanol–water partition coefficient (Wildman–Crippen LogP) is 6.13. The molecule has 1 aromatic rings. The number of aliphatic hydroxyl groups is 5. The first-order valence-electron chi connectivity index (χ1n) is 27.5. The summed E-state index contributed by atoms with van der Waals surface area (Å²) in [5.74, 6) is 11.3. The summed E-state index contributed by atoms with van der Waals surface area (Å²) in [6.45, 7) is 7.33. The number of rotatable bonds is 35. The van der Waals surface area contributed by atoms with Crippen LogP contribution in [0.2, 0.25) is 0 Å². The van der Waals surface area contributed by atoms with Gasteiger partial charge in [0, 0.05) is 37.4 Å². The fourth-order valence-electron chi connectivity index (χ4n) is 10.2. The average Bonchev–Trinajstić information content (AvgIpc) is 4.03. The number of alkyl carbamates (subject to hydrolysis) is 2. The Bertz CT molecular complexity index is 1810. The number of anilines is 1. The number of hydrazine groups is 1. The monoisotopic (exact) mass is 1030 g/mol. The van der Waals surface area contributed by atoms with E-state index in [1.54, 1.807) is 24.3 Å². The number of Topliss-reactive ketones (excluding diaryl/α,β-unsaturated/α-hetero) is 1. The number of carbonyl (C=O) groups excluding carboxylic acids is 4. The van der Waals surface area contributed by atoms with Gasteiger partial charge in [-0.05, 0) is 79.4 Å². The van der Waals surface area contributed by atoms with E-state index in [1.165, 1.54) is 57.8 Å². The van der Waals surface area contributed by atoms with Crippen LogP contribution in [0.1, 0.15) is 162 Å². The van der Waals surface area contributed by atoms with Gasteiger partial charge in [-0.2, -0.15) is 0 Å². The molecule has 1 saturated heterocycles. The van der Waals surface area contributed by atoms with E-state index in [1.807, 2.05) is 20.8 Å². The standard InChI is InChI=1S/C55H91N5O13/c1-5-6-7-8-9-10-11-12-13-14-15-18-22-37(4)48(63)44(35-70-53-51(66)50(65)49(64)46(32-61)73-53)59-54(68)71-33-38-26-28-40(29-27-38)58-52(67)39(23-21-30-57-56)31-45(62)47(36(2)3)60-55(69)72-34-43-41-24-19-16-17-20-25-42(41)43/h26-29,36-37,39,41-44,46-51,53,57,61,63-66H,5-15,18-25,30-35,56H2,1-4H3,(H,58,67)(H,59,68)(H,60,69)/t37-,39-,41?,42?,43?,44+,46?,47+,48-,49+,50+,51?,53+/m1/s1. The third-order valence-electron chi connectivity index (χ3n) is 14.9. The average molecular weight is 1030 g/mol. The molecule has 0 radical (unpaired) electrons. The van der Waals surface area contributed by atoms with E-state index in [9.17, 15) is 44.7 Å². The minimum Gasteiger partial charge on any atom is -0.449 e. The summed E-state index contributed by atoms with van der Waals surface area (Å²) in [6, 6.07) is 4.75. The lowest BCUT2D eigenvalue weighted by atomic mass is 9.89. The molecule has 2 aliphatic carbocycles. The van der Waals surface area contributed by atoms with Crippen LogP contribution in [0.15, 0.2) is 24.3 Å². The van der Waals surface area contributed by atoms with Crippen LogP contribution in [0.25, 0.3) is 0 Å². The maximum atomic E-state index is 13.7. The van der Waals surface area contributed by atoms with Gasteiger partial charge in [0.15, 0.2) is 12.1 Å². The van der Waals surface area contributed by atoms with Crippen LogP contribution in [0.5, 0.6) is 0 Å². The molecule has 414 valence electrons. The second-order valence-corrected chi connectivity index (χ2v) is 21.0. The van der Waals surface area contributed by atoms with Gasteiger partial charge in [0.05, 0.1) is 38.0 Å². The number of carbonyl (C=O) groups is 4. The van der Waals surface area contributed by atoms with Crippen molar-refractivity contribution >= 4 is 29.6 Å². The molecule has 1 heterocycles. The van der Waals surface area contributed by atoms with Crippen LogP contribution >= 0.6 is 0 Å².